The van der Waals surface area contributed by atoms with Crippen molar-refractivity contribution in [2.24, 2.45) is 0 Å². The molecule has 106 valence electrons. The van der Waals surface area contributed by atoms with Gasteiger partial charge in [0.2, 0.25) is 0 Å². The third-order valence-electron chi connectivity index (χ3n) is 2.15. The molecule has 1 N–H and O–H groups in total. The van der Waals surface area contributed by atoms with E-state index in [1.807, 2.05) is 0 Å². The summed E-state index contributed by atoms with van der Waals surface area (Å²) in [4.78, 5) is 15.5. The van der Waals surface area contributed by atoms with Crippen LogP contribution in [0.4, 0.5) is 13.2 Å². The van der Waals surface area contributed by atoms with Gasteiger partial charge >= 0.3 is 6.18 Å². The largest absolute Gasteiger partial charge is 0.414 e. The van der Waals surface area contributed by atoms with E-state index in [0.717, 1.165) is 0 Å². The Labute approximate surface area is 111 Å². The maximum absolute atomic E-state index is 11.8. The number of benzene rings is 1. The molecule has 0 spiro atoms. The molecule has 0 unspecified atom stereocenters. The lowest BCUT2D eigenvalue weighted by molar-refractivity contribution is -0.184. The lowest BCUT2D eigenvalue weighted by Crippen LogP contribution is -2.29. The Balaban J connectivity index is 1.97. The molecule has 1 aromatic heterocycles. The first-order valence-electron chi connectivity index (χ1n) is 5.42. The average molecular weight is 286 g/mol. The molecule has 2 rings (SSSR count). The molecule has 1 heterocycles. The second-order valence-electron chi connectivity index (χ2n) is 3.72. The van der Waals surface area contributed by atoms with Crippen molar-refractivity contribution in [1.29, 1.82) is 0 Å². The Kier molecular flexibility index (Phi) is 3.99. The highest BCUT2D eigenvalue weighted by molar-refractivity contribution is 5.91. The van der Waals surface area contributed by atoms with Crippen LogP contribution in [0.1, 0.15) is 10.5 Å². The molecule has 0 atom stereocenters. The maximum atomic E-state index is 11.8. The van der Waals surface area contributed by atoms with Crippen LogP contribution in [0.3, 0.4) is 0 Å². The zero-order valence-electron chi connectivity index (χ0n) is 9.96. The number of amides is 1. The smallest absolute Gasteiger partial charge is 0.265 e. The number of halogens is 3. The molecule has 0 saturated heterocycles. The SMILES string of the molecule is O=C(NOCC(F)(F)F)c1cn(-c2ccccc2)nn1. The van der Waals surface area contributed by atoms with E-state index in [1.165, 1.54) is 10.9 Å². The van der Waals surface area contributed by atoms with Gasteiger partial charge in [-0.1, -0.05) is 23.4 Å². The van der Waals surface area contributed by atoms with Gasteiger partial charge in [-0.05, 0) is 12.1 Å². The minimum absolute atomic E-state index is 0.156. The van der Waals surface area contributed by atoms with Crippen LogP contribution in [0.5, 0.6) is 0 Å². The number of hydroxylamine groups is 1. The van der Waals surface area contributed by atoms with Crippen LogP contribution in [0.25, 0.3) is 5.69 Å². The van der Waals surface area contributed by atoms with Crippen molar-refractivity contribution < 1.29 is 22.8 Å². The molecule has 20 heavy (non-hydrogen) atoms. The van der Waals surface area contributed by atoms with E-state index in [-0.39, 0.29) is 5.69 Å². The first kappa shape index (κ1) is 14.0. The summed E-state index contributed by atoms with van der Waals surface area (Å²) in [5.41, 5.74) is 2.15. The number of hydrogen-bond donors (Lipinski definition) is 1. The van der Waals surface area contributed by atoms with Gasteiger partial charge < -0.3 is 0 Å². The Morgan fingerprint density at radius 2 is 2.00 bits per heavy atom. The summed E-state index contributed by atoms with van der Waals surface area (Å²) in [5, 5.41) is 7.24. The highest BCUT2D eigenvalue weighted by Gasteiger charge is 2.28. The second kappa shape index (κ2) is 5.70. The molecule has 0 radical (unpaired) electrons. The van der Waals surface area contributed by atoms with Crippen LogP contribution >= 0.6 is 0 Å². The van der Waals surface area contributed by atoms with E-state index in [9.17, 15) is 18.0 Å². The van der Waals surface area contributed by atoms with Gasteiger partial charge in [0, 0.05) is 0 Å². The number of carbonyl (C=O) groups is 1. The van der Waals surface area contributed by atoms with Gasteiger partial charge in [0.25, 0.3) is 5.91 Å². The summed E-state index contributed by atoms with van der Waals surface area (Å²) in [6.45, 7) is -1.58. The average Bonchev–Trinajstić information content (AvgIpc) is 2.88. The van der Waals surface area contributed by atoms with Crippen molar-refractivity contribution in [3.8, 4) is 5.69 Å². The molecule has 0 bridgehead atoms. The summed E-state index contributed by atoms with van der Waals surface area (Å²) in [7, 11) is 0. The van der Waals surface area contributed by atoms with Crippen LogP contribution < -0.4 is 5.48 Å². The van der Waals surface area contributed by atoms with Crippen molar-refractivity contribution in [3.63, 3.8) is 0 Å². The van der Waals surface area contributed by atoms with E-state index in [0.29, 0.717) is 5.69 Å². The molecule has 0 aliphatic heterocycles. The van der Waals surface area contributed by atoms with Gasteiger partial charge in [-0.3, -0.25) is 9.63 Å². The van der Waals surface area contributed by atoms with Crippen molar-refractivity contribution in [2.45, 2.75) is 6.18 Å². The fourth-order valence-electron chi connectivity index (χ4n) is 1.31. The van der Waals surface area contributed by atoms with Crippen molar-refractivity contribution in [1.82, 2.24) is 20.5 Å². The number of nitrogens with one attached hydrogen (secondary N) is 1. The summed E-state index contributed by atoms with van der Waals surface area (Å²) >= 11 is 0. The zero-order valence-corrected chi connectivity index (χ0v) is 9.96. The van der Waals surface area contributed by atoms with Crippen LogP contribution in [0.2, 0.25) is 0 Å². The normalized spacial score (nSPS) is 11.3. The minimum atomic E-state index is -4.52. The number of nitrogens with zero attached hydrogens (tertiary/aromatic N) is 3. The maximum Gasteiger partial charge on any atom is 0.414 e. The topological polar surface area (TPSA) is 69.0 Å². The summed E-state index contributed by atoms with van der Waals surface area (Å²) in [5.74, 6) is -0.906. The standard InChI is InChI=1S/C11H9F3N4O2/c12-11(13,14)7-20-16-10(19)9-6-18(17-15-9)8-4-2-1-3-5-8/h1-6H,7H2,(H,16,19). The highest BCUT2D eigenvalue weighted by Crippen LogP contribution is 2.13. The third kappa shape index (κ3) is 3.79. The number of para-hydroxylation sites is 1. The van der Waals surface area contributed by atoms with Gasteiger partial charge in [0.15, 0.2) is 12.3 Å². The molecular formula is C11H9F3N4O2. The van der Waals surface area contributed by atoms with Crippen molar-refractivity contribution >= 4 is 5.91 Å². The van der Waals surface area contributed by atoms with Crippen LogP contribution in [0, 0.1) is 0 Å². The van der Waals surface area contributed by atoms with Gasteiger partial charge in [-0.15, -0.1) is 5.10 Å². The molecule has 0 aliphatic rings. The highest BCUT2D eigenvalue weighted by atomic mass is 19.4. The summed E-state index contributed by atoms with van der Waals surface area (Å²) in [6, 6.07) is 8.80. The number of rotatable bonds is 4. The van der Waals surface area contributed by atoms with E-state index in [4.69, 9.17) is 0 Å². The van der Waals surface area contributed by atoms with E-state index < -0.39 is 18.7 Å². The fourth-order valence-corrected chi connectivity index (χ4v) is 1.31. The van der Waals surface area contributed by atoms with Crippen molar-refractivity contribution in [2.75, 3.05) is 6.61 Å². The fraction of sp³-hybridized carbons (Fsp3) is 0.182. The predicted octanol–water partition coefficient (Wildman–Crippen LogP) is 1.49. The van der Waals surface area contributed by atoms with Crippen LogP contribution in [-0.4, -0.2) is 33.7 Å². The zero-order chi connectivity index (χ0) is 14.6. The second-order valence-corrected chi connectivity index (χ2v) is 3.72. The molecule has 2 aromatic rings. The lowest BCUT2D eigenvalue weighted by atomic mass is 10.3. The molecule has 1 aromatic carbocycles. The van der Waals surface area contributed by atoms with Gasteiger partial charge in [0.05, 0.1) is 11.9 Å². The Morgan fingerprint density at radius 3 is 2.65 bits per heavy atom. The Morgan fingerprint density at radius 1 is 1.30 bits per heavy atom. The molecular weight excluding hydrogens is 277 g/mol. The number of aromatic nitrogens is 3. The summed E-state index contributed by atoms with van der Waals surface area (Å²) in [6.07, 6.45) is -3.24. The lowest BCUT2D eigenvalue weighted by Gasteiger charge is -2.06. The van der Waals surface area contributed by atoms with Crippen LogP contribution in [0.15, 0.2) is 36.5 Å². The molecule has 6 nitrogen and oxygen atoms in total. The number of alkyl halides is 3. The van der Waals surface area contributed by atoms with Crippen molar-refractivity contribution in [3.05, 3.63) is 42.2 Å². The first-order valence-corrected chi connectivity index (χ1v) is 5.42. The molecule has 1 amide bonds. The third-order valence-corrected chi connectivity index (χ3v) is 2.15. The van der Waals surface area contributed by atoms with E-state index in [1.54, 1.807) is 35.8 Å². The number of hydrogen-bond acceptors (Lipinski definition) is 4. The molecule has 0 aliphatic carbocycles. The Hall–Kier alpha value is -2.42. The minimum Gasteiger partial charge on any atom is -0.265 e. The van der Waals surface area contributed by atoms with E-state index in [2.05, 4.69) is 15.1 Å². The van der Waals surface area contributed by atoms with Gasteiger partial charge in [-0.2, -0.15) is 13.2 Å². The quantitative estimate of drug-likeness (QED) is 0.865. The van der Waals surface area contributed by atoms with Crippen LogP contribution in [-0.2, 0) is 4.84 Å². The Bertz CT molecular complexity index is 583. The molecule has 0 fully saturated rings. The monoisotopic (exact) mass is 286 g/mol. The van der Waals surface area contributed by atoms with Gasteiger partial charge in [-0.25, -0.2) is 10.2 Å². The molecule has 0 saturated carbocycles. The number of carbonyl (C=O) groups excluding carboxylic acids is 1. The van der Waals surface area contributed by atoms with Gasteiger partial charge in [0.1, 0.15) is 0 Å². The van der Waals surface area contributed by atoms with E-state index >= 15 is 0 Å². The summed E-state index contributed by atoms with van der Waals surface area (Å²) < 4.78 is 36.8. The molecule has 9 heteroatoms. The first-order chi connectivity index (χ1) is 9.46. The predicted molar refractivity (Wildman–Crippen MR) is 60.8 cm³/mol.